The van der Waals surface area contributed by atoms with Gasteiger partial charge in [0.15, 0.2) is 6.10 Å². The Bertz CT molecular complexity index is 486. The van der Waals surface area contributed by atoms with Gasteiger partial charge in [0.05, 0.1) is 0 Å². The number of likely N-dealkylation sites (N-methyl/N-ethyl adjacent to an activating group) is 1. The second-order valence-corrected chi connectivity index (χ2v) is 5.99. The zero-order valence-electron chi connectivity index (χ0n) is 13.3. The number of carbonyl (C=O) groups excluding carboxylic acids is 1. The molecule has 0 spiro atoms. The van der Waals surface area contributed by atoms with Crippen LogP contribution in [0.3, 0.4) is 0 Å². The topological polar surface area (TPSA) is 41.6 Å². The Kier molecular flexibility index (Phi) is 5.62. The SMILES string of the molecule is C[C@@H](Oc1ccc2c(c1)CCCC2)C(=O)NCCN(C)C. The van der Waals surface area contributed by atoms with Crippen LogP contribution in [-0.4, -0.2) is 44.1 Å². The molecule has 21 heavy (non-hydrogen) atoms. The minimum atomic E-state index is -0.464. The largest absolute Gasteiger partial charge is 0.481 e. The van der Waals surface area contributed by atoms with Crippen molar-refractivity contribution in [2.75, 3.05) is 27.2 Å². The van der Waals surface area contributed by atoms with Crippen LogP contribution in [0.25, 0.3) is 0 Å². The molecule has 0 fully saturated rings. The number of rotatable bonds is 6. The first-order valence-electron chi connectivity index (χ1n) is 7.77. The molecular weight excluding hydrogens is 264 g/mol. The highest BCUT2D eigenvalue weighted by atomic mass is 16.5. The fourth-order valence-corrected chi connectivity index (χ4v) is 2.59. The number of hydrogen-bond acceptors (Lipinski definition) is 3. The molecule has 0 aromatic heterocycles. The van der Waals surface area contributed by atoms with Crippen molar-refractivity contribution in [2.24, 2.45) is 0 Å². The summed E-state index contributed by atoms with van der Waals surface area (Å²) in [5.74, 6) is 0.737. The molecule has 1 amide bonds. The van der Waals surface area contributed by atoms with E-state index < -0.39 is 6.10 Å². The van der Waals surface area contributed by atoms with E-state index in [2.05, 4.69) is 17.4 Å². The third kappa shape index (κ3) is 4.74. The molecule has 116 valence electrons. The van der Waals surface area contributed by atoms with Gasteiger partial charge in [0.25, 0.3) is 5.91 Å². The number of amides is 1. The predicted octanol–water partition coefficient (Wildman–Crippen LogP) is 2.01. The zero-order chi connectivity index (χ0) is 15.2. The summed E-state index contributed by atoms with van der Waals surface area (Å²) in [5, 5.41) is 2.89. The van der Waals surface area contributed by atoms with Gasteiger partial charge in [0.2, 0.25) is 0 Å². The number of carbonyl (C=O) groups is 1. The van der Waals surface area contributed by atoms with Gasteiger partial charge in [-0.2, -0.15) is 0 Å². The highest BCUT2D eigenvalue weighted by Gasteiger charge is 2.16. The van der Waals surface area contributed by atoms with Crippen LogP contribution >= 0.6 is 0 Å². The molecule has 1 aliphatic carbocycles. The van der Waals surface area contributed by atoms with E-state index in [1.54, 1.807) is 6.92 Å². The minimum Gasteiger partial charge on any atom is -0.481 e. The lowest BCUT2D eigenvalue weighted by atomic mass is 9.92. The Morgan fingerprint density at radius 1 is 1.29 bits per heavy atom. The Labute approximate surface area is 127 Å². The lowest BCUT2D eigenvalue weighted by Crippen LogP contribution is -2.39. The van der Waals surface area contributed by atoms with Crippen molar-refractivity contribution in [2.45, 2.75) is 38.7 Å². The monoisotopic (exact) mass is 290 g/mol. The molecule has 4 nitrogen and oxygen atoms in total. The van der Waals surface area contributed by atoms with E-state index in [9.17, 15) is 4.79 Å². The molecule has 0 radical (unpaired) electrons. The smallest absolute Gasteiger partial charge is 0.260 e. The van der Waals surface area contributed by atoms with Crippen LogP contribution < -0.4 is 10.1 Å². The van der Waals surface area contributed by atoms with Gasteiger partial charge in [-0.3, -0.25) is 4.79 Å². The molecule has 1 N–H and O–H groups in total. The maximum Gasteiger partial charge on any atom is 0.260 e. The maximum absolute atomic E-state index is 12.0. The fraction of sp³-hybridized carbons (Fsp3) is 0.588. The zero-order valence-corrected chi connectivity index (χ0v) is 13.3. The van der Waals surface area contributed by atoms with Gasteiger partial charge >= 0.3 is 0 Å². The number of aryl methyl sites for hydroxylation is 2. The Hall–Kier alpha value is -1.55. The molecule has 2 rings (SSSR count). The second kappa shape index (κ2) is 7.46. The van der Waals surface area contributed by atoms with Crippen molar-refractivity contribution in [3.05, 3.63) is 29.3 Å². The van der Waals surface area contributed by atoms with E-state index in [4.69, 9.17) is 4.74 Å². The normalized spacial score (nSPS) is 15.4. The molecule has 0 saturated heterocycles. The molecule has 1 aromatic rings. The standard InChI is InChI=1S/C17H26N2O2/c1-13(17(20)18-10-11-19(2)3)21-16-9-8-14-6-4-5-7-15(14)12-16/h8-9,12-13H,4-7,10-11H2,1-3H3,(H,18,20)/t13-/m1/s1. The van der Waals surface area contributed by atoms with Crippen molar-refractivity contribution in [1.29, 1.82) is 0 Å². The average molecular weight is 290 g/mol. The van der Waals surface area contributed by atoms with Crippen molar-refractivity contribution in [3.8, 4) is 5.75 Å². The van der Waals surface area contributed by atoms with Crippen molar-refractivity contribution in [3.63, 3.8) is 0 Å². The van der Waals surface area contributed by atoms with E-state index in [0.717, 1.165) is 25.1 Å². The van der Waals surface area contributed by atoms with Gasteiger partial charge in [0, 0.05) is 13.1 Å². The van der Waals surface area contributed by atoms with Crippen LogP contribution in [0.5, 0.6) is 5.75 Å². The molecule has 0 saturated carbocycles. The average Bonchev–Trinajstić information content (AvgIpc) is 2.46. The predicted molar refractivity (Wildman–Crippen MR) is 84.7 cm³/mol. The third-order valence-electron chi connectivity index (χ3n) is 3.86. The van der Waals surface area contributed by atoms with Crippen LogP contribution in [0, 0.1) is 0 Å². The Morgan fingerprint density at radius 3 is 2.71 bits per heavy atom. The van der Waals surface area contributed by atoms with Crippen molar-refractivity contribution in [1.82, 2.24) is 10.2 Å². The molecule has 0 aliphatic heterocycles. The summed E-state index contributed by atoms with van der Waals surface area (Å²) < 4.78 is 5.77. The van der Waals surface area contributed by atoms with Crippen LogP contribution in [-0.2, 0) is 17.6 Å². The number of nitrogens with one attached hydrogen (secondary N) is 1. The van der Waals surface area contributed by atoms with Crippen LogP contribution in [0.2, 0.25) is 0 Å². The summed E-state index contributed by atoms with van der Waals surface area (Å²) in [6.45, 7) is 3.27. The number of ether oxygens (including phenoxy) is 1. The van der Waals surface area contributed by atoms with Gasteiger partial charge in [-0.1, -0.05) is 6.07 Å². The lowest BCUT2D eigenvalue weighted by molar-refractivity contribution is -0.127. The Balaban J connectivity index is 1.87. The molecule has 1 aromatic carbocycles. The van der Waals surface area contributed by atoms with E-state index >= 15 is 0 Å². The third-order valence-corrected chi connectivity index (χ3v) is 3.86. The first kappa shape index (κ1) is 15.8. The number of hydrogen-bond donors (Lipinski definition) is 1. The fourth-order valence-electron chi connectivity index (χ4n) is 2.59. The number of nitrogens with zero attached hydrogens (tertiary/aromatic N) is 1. The summed E-state index contributed by atoms with van der Waals surface area (Å²) in [6, 6.07) is 6.21. The lowest BCUT2D eigenvalue weighted by Gasteiger charge is -2.19. The quantitative estimate of drug-likeness (QED) is 0.871. The van der Waals surface area contributed by atoms with Crippen LogP contribution in [0.4, 0.5) is 0 Å². The van der Waals surface area contributed by atoms with Crippen molar-refractivity contribution < 1.29 is 9.53 Å². The highest BCUT2D eigenvalue weighted by molar-refractivity contribution is 5.80. The van der Waals surface area contributed by atoms with Gasteiger partial charge in [0.1, 0.15) is 5.75 Å². The summed E-state index contributed by atoms with van der Waals surface area (Å²) in [5.41, 5.74) is 2.80. The van der Waals surface area contributed by atoms with E-state index in [1.165, 1.54) is 24.0 Å². The summed E-state index contributed by atoms with van der Waals surface area (Å²) >= 11 is 0. The molecule has 1 atom stereocenters. The van der Waals surface area contributed by atoms with Gasteiger partial charge in [-0.05, 0) is 70.0 Å². The highest BCUT2D eigenvalue weighted by Crippen LogP contribution is 2.25. The van der Waals surface area contributed by atoms with Gasteiger partial charge in [-0.25, -0.2) is 0 Å². The van der Waals surface area contributed by atoms with E-state index in [-0.39, 0.29) is 5.91 Å². The maximum atomic E-state index is 12.0. The summed E-state index contributed by atoms with van der Waals surface area (Å²) in [7, 11) is 3.97. The molecular formula is C17H26N2O2. The summed E-state index contributed by atoms with van der Waals surface area (Å²) in [6.07, 6.45) is 4.34. The van der Waals surface area contributed by atoms with Crippen LogP contribution in [0.1, 0.15) is 30.9 Å². The summed E-state index contributed by atoms with van der Waals surface area (Å²) in [4.78, 5) is 14.0. The molecule has 0 heterocycles. The van der Waals surface area contributed by atoms with Gasteiger partial charge < -0.3 is 15.0 Å². The molecule has 0 bridgehead atoms. The van der Waals surface area contributed by atoms with Crippen molar-refractivity contribution >= 4 is 5.91 Å². The number of benzene rings is 1. The second-order valence-electron chi connectivity index (χ2n) is 5.99. The van der Waals surface area contributed by atoms with E-state index in [0.29, 0.717) is 6.54 Å². The number of fused-ring (bicyclic) bond motifs is 1. The van der Waals surface area contributed by atoms with Crippen LogP contribution in [0.15, 0.2) is 18.2 Å². The van der Waals surface area contributed by atoms with E-state index in [1.807, 2.05) is 25.1 Å². The minimum absolute atomic E-state index is 0.0606. The molecule has 4 heteroatoms. The molecule has 0 unspecified atom stereocenters. The molecule has 1 aliphatic rings. The first-order valence-corrected chi connectivity index (χ1v) is 7.77. The van der Waals surface area contributed by atoms with Gasteiger partial charge in [-0.15, -0.1) is 0 Å². The first-order chi connectivity index (χ1) is 10.1. The Morgan fingerprint density at radius 2 is 2.00 bits per heavy atom.